The van der Waals surface area contributed by atoms with E-state index in [1.807, 2.05) is 274 Å². The van der Waals surface area contributed by atoms with Gasteiger partial charge in [0.15, 0.2) is 24.4 Å². The highest BCUT2D eigenvalue weighted by Crippen LogP contribution is 2.20. The molecule has 8 heterocycles. The number of nitrogens with two attached hydrogens (primary N) is 1. The average molecular weight is 2030 g/mol. The van der Waals surface area contributed by atoms with Crippen LogP contribution in [0.15, 0.2) is 358 Å². The summed E-state index contributed by atoms with van der Waals surface area (Å²) in [6.07, 6.45) is 5.16. The molecule has 766 valence electrons. The zero-order chi connectivity index (χ0) is 105. The molecule has 0 aliphatic carbocycles. The van der Waals surface area contributed by atoms with Gasteiger partial charge in [-0.3, -0.25) is 28.2 Å². The molecule has 8 aromatic heterocycles. The molecule has 0 saturated carbocycles. The van der Waals surface area contributed by atoms with Crippen molar-refractivity contribution >= 4 is 51.7 Å². The van der Waals surface area contributed by atoms with Gasteiger partial charge in [-0.05, 0) is 126 Å². The largest absolute Gasteiger partial charge is 0.616 e. The third kappa shape index (κ3) is 54.2. The lowest BCUT2D eigenvalue weighted by molar-refractivity contribution is -0.623. The Labute approximate surface area is 856 Å². The number of aldehydes is 1. The zero-order valence-corrected chi connectivity index (χ0v) is 83.6. The van der Waals surface area contributed by atoms with Crippen molar-refractivity contribution < 1.29 is 109 Å². The molecule has 0 atom stereocenters. The summed E-state index contributed by atoms with van der Waals surface area (Å²) in [4.78, 5) is 77.0. The standard InChI is InChI=1S/C16H17NO3.C16H19NO2.C15H15NO4.C14H15NO4S.2C13H13NO2.C13H11NO2.C6H6ClN.C4H6O3.C2H7NO/c18-11-15(19)10-9-14-7-4-8-16(17-14)20-12-13-5-2-1-3-6-13;18-12-5-4-9-15-10-6-11-16(17-15)19-13-14-7-2-1-3-8-14;1-12(17)19-11-14-8-5-9-15(16(14)18)20-10-13-6-3-2-4-7-13;1-20(16,17)19-11-13-8-5-9-14(15-13)18-10-12-6-3-2-4-7-12;1-11-6-5-9-13(14(11)15)16-10-12-7-3-2-4-8-12;2*15-9-12-7-4-8-13(14-12)16-10-11-5-2-1-3-6-11;1-5-3-2-4-6(7)8-5;1-3(5)7-4(2)6;3-1-2-4/h1-8,18H,9-12H2;1-3,6-8,10-11,18H,4-5,9,12-13H2;2*2-9H,10-11H2,1H3;2-9H,10H2,1H3;1-8,15H,9-10H2;1-9H,10H2;2-4H,1H3;1-2H3;4H,1-3H2. The number of rotatable bonds is 37. The minimum Gasteiger partial charge on any atom is -0.616 e. The number of halogens is 1. The molecule has 32 nitrogen and oxygen atoms in total. The van der Waals surface area contributed by atoms with Crippen molar-refractivity contribution in [2.75, 3.05) is 32.6 Å². The highest BCUT2D eigenvalue weighted by molar-refractivity contribution is 7.85. The maximum absolute atomic E-state index is 12.0. The Bertz CT molecular complexity index is 6300. The minimum absolute atomic E-state index is 0.0669. The number of nitrogens with zero attached hydrogens (tertiary/aromatic N) is 8. The zero-order valence-electron chi connectivity index (χ0n) is 82.1. The van der Waals surface area contributed by atoms with Crippen LogP contribution in [0.5, 0.6) is 41.2 Å². The molecular weight excluding hydrogens is 1910 g/mol. The topological polar surface area (TPSA) is 450 Å². The fraction of sp³-hybridized carbons (Fsp3) is 0.223. The van der Waals surface area contributed by atoms with Gasteiger partial charge in [-0.1, -0.05) is 260 Å². The Morgan fingerprint density at radius 1 is 0.370 bits per heavy atom. The summed E-state index contributed by atoms with van der Waals surface area (Å²) in [5.41, 5.74) is 17.4. The van der Waals surface area contributed by atoms with Gasteiger partial charge in [0.25, 0.3) is 10.1 Å². The Morgan fingerprint density at radius 2 is 0.712 bits per heavy atom. The number of carbonyl (C=O) groups is 5. The molecule has 0 amide bonds. The second kappa shape index (κ2) is 71.3. The number of unbranched alkanes of at least 4 members (excludes halogenated alkanes) is 1. The maximum atomic E-state index is 12.0. The van der Waals surface area contributed by atoms with Gasteiger partial charge in [0.05, 0.1) is 43.0 Å². The van der Waals surface area contributed by atoms with Crippen molar-refractivity contribution in [2.45, 2.75) is 133 Å². The van der Waals surface area contributed by atoms with Crippen LogP contribution in [0.3, 0.4) is 0 Å². The van der Waals surface area contributed by atoms with Gasteiger partial charge in [0.1, 0.15) is 70.3 Å². The molecule has 146 heavy (non-hydrogen) atoms. The molecule has 0 spiro atoms. The predicted molar refractivity (Wildman–Crippen MR) is 552 cm³/mol. The van der Waals surface area contributed by atoms with Crippen molar-refractivity contribution in [3.8, 4) is 41.2 Å². The Hall–Kier alpha value is -16.1. The van der Waals surface area contributed by atoms with E-state index in [-0.39, 0.29) is 44.7 Å². The lowest BCUT2D eigenvalue weighted by Gasteiger charge is -2.09. The number of aliphatic hydroxyl groups is 4. The first-order valence-electron chi connectivity index (χ1n) is 46.0. The summed E-state index contributed by atoms with van der Waals surface area (Å²) in [6.45, 7) is 10.5. The normalized spacial score (nSPS) is 10.0. The molecule has 0 fully saturated rings. The quantitative estimate of drug-likeness (QED) is 0.00353. The number of aromatic nitrogens is 8. The summed E-state index contributed by atoms with van der Waals surface area (Å²) < 4.78 is 75.5. The van der Waals surface area contributed by atoms with Gasteiger partial charge in [-0.15, -0.1) is 9.46 Å². The van der Waals surface area contributed by atoms with Gasteiger partial charge in [-0.25, -0.2) is 29.9 Å². The van der Waals surface area contributed by atoms with Crippen LogP contribution in [0.25, 0.3) is 0 Å². The number of hydrogen-bond acceptors (Lipinski definition) is 30. The van der Waals surface area contributed by atoms with Crippen molar-refractivity contribution in [1.29, 1.82) is 0 Å². The highest BCUT2D eigenvalue weighted by Gasteiger charge is 2.16. The first kappa shape index (κ1) is 119. The van der Waals surface area contributed by atoms with E-state index in [0.29, 0.717) is 146 Å². The summed E-state index contributed by atoms with van der Waals surface area (Å²) in [7, 11) is -3.47. The summed E-state index contributed by atoms with van der Waals surface area (Å²) in [5, 5.41) is 58.3. The van der Waals surface area contributed by atoms with E-state index in [9.17, 15) is 42.8 Å². The average Bonchev–Trinajstić information content (AvgIpc) is 0.855. The summed E-state index contributed by atoms with van der Waals surface area (Å²) in [6, 6.07) is 111. The smallest absolute Gasteiger partial charge is 0.380 e. The monoisotopic (exact) mass is 2030 g/mol. The number of aliphatic hydroxyl groups excluding tert-OH is 4. The second-order valence-corrected chi connectivity index (χ2v) is 32.8. The van der Waals surface area contributed by atoms with E-state index >= 15 is 0 Å². The molecule has 0 bridgehead atoms. The van der Waals surface area contributed by atoms with E-state index in [0.717, 1.165) is 86.3 Å². The number of aryl methyl sites for hydroxylation is 4. The molecule has 15 rings (SSSR count). The van der Waals surface area contributed by atoms with Crippen LogP contribution in [0.4, 0.5) is 0 Å². The van der Waals surface area contributed by atoms with Crippen LogP contribution in [0.1, 0.15) is 129 Å². The van der Waals surface area contributed by atoms with Gasteiger partial charge in [0, 0.05) is 107 Å². The number of benzene rings is 7. The van der Waals surface area contributed by atoms with E-state index in [1.54, 1.807) is 97.9 Å². The molecule has 6 N–H and O–H groups in total. The van der Waals surface area contributed by atoms with Crippen LogP contribution in [-0.4, -0.2) is 121 Å². The Balaban J connectivity index is 0.000000253. The second-order valence-electron chi connectivity index (χ2n) is 30.7. The van der Waals surface area contributed by atoms with Gasteiger partial charge >= 0.3 is 29.7 Å². The minimum atomic E-state index is -3.47. The number of esters is 3. The Kier molecular flexibility index (Phi) is 58.0. The van der Waals surface area contributed by atoms with Gasteiger partial charge in [-0.2, -0.15) is 8.42 Å². The van der Waals surface area contributed by atoms with Gasteiger partial charge in [0.2, 0.25) is 35.1 Å². The third-order valence-corrected chi connectivity index (χ3v) is 19.4. The number of ketones is 1. The van der Waals surface area contributed by atoms with Crippen molar-refractivity contribution in [1.82, 2.24) is 29.9 Å². The molecule has 0 aliphatic heterocycles. The molecule has 0 saturated heterocycles. The number of pyridine rings is 8. The van der Waals surface area contributed by atoms with Crippen LogP contribution in [0.2, 0.25) is 5.15 Å². The number of carbonyl (C=O) groups excluding carboxylic acids is 5. The number of hydrogen-bond donors (Lipinski definition) is 5. The van der Waals surface area contributed by atoms with E-state index in [4.69, 9.17) is 75.7 Å². The Morgan fingerprint density at radius 3 is 1.05 bits per heavy atom. The van der Waals surface area contributed by atoms with Gasteiger partial charge < -0.3 is 79.2 Å². The van der Waals surface area contributed by atoms with E-state index in [1.165, 1.54) is 20.8 Å². The first-order valence-corrected chi connectivity index (χ1v) is 48.2. The molecule has 0 radical (unpaired) electrons. The van der Waals surface area contributed by atoms with Crippen LogP contribution in [0, 0.1) is 24.3 Å². The third-order valence-electron chi connectivity index (χ3n) is 18.6. The maximum Gasteiger partial charge on any atom is 0.380 e. The fourth-order valence-corrected chi connectivity index (χ4v) is 12.1. The summed E-state index contributed by atoms with van der Waals surface area (Å²) in [5.74, 6) is 1.42. The highest BCUT2D eigenvalue weighted by atomic mass is 35.5. The van der Waals surface area contributed by atoms with Crippen LogP contribution < -0.4 is 48.4 Å². The molecule has 0 aliphatic rings. The van der Waals surface area contributed by atoms with Crippen LogP contribution in [-0.2, 0) is 122 Å². The first-order chi connectivity index (χ1) is 70.7. The lowest BCUT2D eigenvalue weighted by atomic mass is 10.2. The number of Topliss-reactive ketones (excluding diaryl/α,β-unsaturated/α-hetero) is 1. The van der Waals surface area contributed by atoms with Crippen molar-refractivity contribution in [3.05, 3.63) is 458 Å². The van der Waals surface area contributed by atoms with E-state index in [2.05, 4.69) is 38.8 Å². The molecule has 34 heteroatoms. The lowest BCUT2D eigenvalue weighted by Crippen LogP contribution is -2.34. The molecule has 7 aromatic carbocycles. The number of ether oxygens (including phenoxy) is 9. The van der Waals surface area contributed by atoms with Crippen LogP contribution >= 0.6 is 11.6 Å². The van der Waals surface area contributed by atoms with Crippen molar-refractivity contribution in [3.63, 3.8) is 0 Å². The molecule has 0 unspecified atom stereocenters. The SMILES string of the molecule is CC(=O)OC(C)=O.CC(=O)OCc1cccc(OCc2ccccc2)[n+]1[O-].CS(=O)(=O)OCc1cccc(OCc2ccccc2)n1.Cc1cccc(Cl)n1.Cc1cccc(OCc2ccccc2)[n+]1[O-].NCCO.O=C(CO)CCc1cccc(OCc2ccccc2)n1.O=Cc1cccc(OCc2ccccc2)n1.OCCCCc1cccc(OCc2ccccc2)n1.OCc1cccc(OCc2ccccc2)n1. The van der Waals surface area contributed by atoms with E-state index < -0.39 is 34.6 Å². The molecule has 15 aromatic rings. The summed E-state index contributed by atoms with van der Waals surface area (Å²) >= 11 is 5.53. The van der Waals surface area contributed by atoms with Crippen molar-refractivity contribution in [2.24, 2.45) is 5.73 Å². The predicted octanol–water partition coefficient (Wildman–Crippen LogP) is 17.1. The molecular formula is C112H122ClN9O23S. The fourth-order valence-electron chi connectivity index (χ4n) is 11.5.